The summed E-state index contributed by atoms with van der Waals surface area (Å²) in [7, 11) is 0. The van der Waals surface area contributed by atoms with E-state index in [0.717, 1.165) is 31.4 Å². The first kappa shape index (κ1) is 15.1. The lowest BCUT2D eigenvalue weighted by atomic mass is 10.2. The Kier molecular flexibility index (Phi) is 4.86. The van der Waals surface area contributed by atoms with Gasteiger partial charge in [-0.25, -0.2) is 4.98 Å². The summed E-state index contributed by atoms with van der Waals surface area (Å²) in [5.74, 6) is 0.468. The van der Waals surface area contributed by atoms with Gasteiger partial charge >= 0.3 is 6.18 Å². The molecule has 1 saturated carbocycles. The first-order valence-corrected chi connectivity index (χ1v) is 6.99. The molecule has 1 heterocycles. The number of hydrogen-bond acceptors (Lipinski definition) is 3. The normalized spacial score (nSPS) is 15.4. The van der Waals surface area contributed by atoms with Crippen LogP contribution in [0.15, 0.2) is 18.3 Å². The summed E-state index contributed by atoms with van der Waals surface area (Å²) in [4.78, 5) is 5.59. The Morgan fingerprint density at radius 3 is 2.75 bits per heavy atom. The molecule has 1 aliphatic rings. The Morgan fingerprint density at radius 1 is 1.40 bits per heavy atom. The third-order valence-electron chi connectivity index (χ3n) is 3.22. The van der Waals surface area contributed by atoms with Gasteiger partial charge in [0.2, 0.25) is 0 Å². The highest BCUT2D eigenvalue weighted by Crippen LogP contribution is 2.34. The number of alkyl halides is 3. The van der Waals surface area contributed by atoms with Gasteiger partial charge in [-0.3, -0.25) is 0 Å². The third kappa shape index (κ3) is 4.37. The predicted octanol–water partition coefficient (Wildman–Crippen LogP) is 3.11. The molecule has 0 spiro atoms. The van der Waals surface area contributed by atoms with Crippen LogP contribution in [0.2, 0.25) is 0 Å². The average molecular weight is 287 g/mol. The van der Waals surface area contributed by atoms with E-state index in [-0.39, 0.29) is 6.04 Å². The molecule has 112 valence electrons. The Bertz CT molecular complexity index is 430. The molecule has 1 aliphatic carbocycles. The fourth-order valence-corrected chi connectivity index (χ4v) is 2.18. The average Bonchev–Trinajstić information content (AvgIpc) is 3.20. The molecule has 3 nitrogen and oxygen atoms in total. The summed E-state index contributed by atoms with van der Waals surface area (Å²) in [6.07, 6.45) is -0.0217. The monoisotopic (exact) mass is 287 g/mol. The molecular formula is C14H20F3N3. The van der Waals surface area contributed by atoms with Gasteiger partial charge < -0.3 is 10.2 Å². The molecular weight excluding hydrogens is 267 g/mol. The van der Waals surface area contributed by atoms with Crippen molar-refractivity contribution in [2.75, 3.05) is 18.0 Å². The molecule has 20 heavy (non-hydrogen) atoms. The smallest absolute Gasteiger partial charge is 0.344 e. The zero-order valence-electron chi connectivity index (χ0n) is 11.6. The number of hydrogen-bond donors (Lipinski definition) is 1. The van der Waals surface area contributed by atoms with E-state index in [0.29, 0.717) is 12.4 Å². The van der Waals surface area contributed by atoms with E-state index in [1.807, 2.05) is 6.07 Å². The van der Waals surface area contributed by atoms with Crippen LogP contribution in [0, 0.1) is 0 Å². The molecule has 1 fully saturated rings. The fraction of sp³-hybridized carbons (Fsp3) is 0.643. The maximum Gasteiger partial charge on any atom is 0.405 e. The molecule has 0 bridgehead atoms. The minimum absolute atomic E-state index is 0.0172. The number of nitrogens with one attached hydrogen (secondary N) is 1. The molecule has 0 amide bonds. The van der Waals surface area contributed by atoms with Crippen LogP contribution in [0.1, 0.15) is 31.7 Å². The topological polar surface area (TPSA) is 28.2 Å². The highest BCUT2D eigenvalue weighted by atomic mass is 19.4. The van der Waals surface area contributed by atoms with E-state index in [9.17, 15) is 13.2 Å². The Morgan fingerprint density at radius 2 is 2.15 bits per heavy atom. The Balaban J connectivity index is 2.15. The van der Waals surface area contributed by atoms with Gasteiger partial charge in [0.15, 0.2) is 0 Å². The lowest BCUT2D eigenvalue weighted by Crippen LogP contribution is -2.37. The fourth-order valence-electron chi connectivity index (χ4n) is 2.18. The van der Waals surface area contributed by atoms with Gasteiger partial charge in [0, 0.05) is 24.3 Å². The Labute approximate surface area is 117 Å². The molecule has 1 aromatic heterocycles. The van der Waals surface area contributed by atoms with Crippen LogP contribution in [0.4, 0.5) is 19.0 Å². The second-order valence-electron chi connectivity index (χ2n) is 5.14. The molecule has 0 atom stereocenters. The van der Waals surface area contributed by atoms with E-state index in [1.54, 1.807) is 12.3 Å². The first-order valence-electron chi connectivity index (χ1n) is 6.99. The van der Waals surface area contributed by atoms with E-state index >= 15 is 0 Å². The van der Waals surface area contributed by atoms with Crippen LogP contribution in [0.3, 0.4) is 0 Å². The van der Waals surface area contributed by atoms with Gasteiger partial charge in [-0.1, -0.05) is 13.0 Å². The summed E-state index contributed by atoms with van der Waals surface area (Å²) in [6.45, 7) is 2.53. The van der Waals surface area contributed by atoms with E-state index < -0.39 is 12.7 Å². The lowest BCUT2D eigenvalue weighted by Gasteiger charge is -2.26. The predicted molar refractivity (Wildman–Crippen MR) is 72.7 cm³/mol. The lowest BCUT2D eigenvalue weighted by molar-refractivity contribution is -0.120. The number of pyridine rings is 1. The third-order valence-corrected chi connectivity index (χ3v) is 3.22. The van der Waals surface area contributed by atoms with Crippen molar-refractivity contribution in [2.45, 2.75) is 44.9 Å². The second kappa shape index (κ2) is 6.43. The summed E-state index contributed by atoms with van der Waals surface area (Å²) in [5, 5.41) is 3.22. The number of aromatic nitrogens is 1. The summed E-state index contributed by atoms with van der Waals surface area (Å²) >= 11 is 0. The van der Waals surface area contributed by atoms with Gasteiger partial charge in [0.1, 0.15) is 12.4 Å². The zero-order valence-corrected chi connectivity index (χ0v) is 11.6. The van der Waals surface area contributed by atoms with Crippen molar-refractivity contribution >= 4 is 5.82 Å². The number of nitrogens with zero attached hydrogens (tertiary/aromatic N) is 2. The van der Waals surface area contributed by atoms with E-state index in [2.05, 4.69) is 17.2 Å². The van der Waals surface area contributed by atoms with Gasteiger partial charge in [0.25, 0.3) is 0 Å². The van der Waals surface area contributed by atoms with Gasteiger partial charge in [-0.05, 0) is 31.9 Å². The number of halogens is 3. The first-order chi connectivity index (χ1) is 9.51. The SMILES string of the molecule is CCCNCc1cccnc1N(CC(F)(F)F)C1CC1. The summed E-state index contributed by atoms with van der Waals surface area (Å²) < 4.78 is 38.2. The molecule has 0 aliphatic heterocycles. The van der Waals surface area contributed by atoms with Crippen molar-refractivity contribution in [3.63, 3.8) is 0 Å². The van der Waals surface area contributed by atoms with Crippen LogP contribution in [-0.2, 0) is 6.54 Å². The minimum atomic E-state index is -4.20. The molecule has 0 radical (unpaired) electrons. The molecule has 1 aromatic rings. The van der Waals surface area contributed by atoms with Gasteiger partial charge in [-0.15, -0.1) is 0 Å². The van der Waals surface area contributed by atoms with Crippen molar-refractivity contribution < 1.29 is 13.2 Å². The van der Waals surface area contributed by atoms with Crippen molar-refractivity contribution in [3.8, 4) is 0 Å². The minimum Gasteiger partial charge on any atom is -0.344 e. The van der Waals surface area contributed by atoms with Gasteiger partial charge in [0.05, 0.1) is 0 Å². The molecule has 2 rings (SSSR count). The quantitative estimate of drug-likeness (QED) is 0.781. The summed E-state index contributed by atoms with van der Waals surface area (Å²) in [5.41, 5.74) is 0.831. The number of anilines is 1. The Hall–Kier alpha value is -1.30. The standard InChI is InChI=1S/C14H20F3N3/c1-2-7-18-9-11-4-3-8-19-13(11)20(12-5-6-12)10-14(15,16)17/h3-4,8,12,18H,2,5-7,9-10H2,1H3. The largest absolute Gasteiger partial charge is 0.405 e. The maximum absolute atomic E-state index is 12.7. The maximum atomic E-state index is 12.7. The van der Waals surface area contributed by atoms with Crippen LogP contribution in [-0.4, -0.2) is 30.3 Å². The molecule has 1 N–H and O–H groups in total. The van der Waals surface area contributed by atoms with Crippen LogP contribution < -0.4 is 10.2 Å². The van der Waals surface area contributed by atoms with Crippen molar-refractivity contribution in [2.24, 2.45) is 0 Å². The van der Waals surface area contributed by atoms with E-state index in [1.165, 1.54) is 4.90 Å². The second-order valence-corrected chi connectivity index (χ2v) is 5.14. The van der Waals surface area contributed by atoms with Crippen molar-refractivity contribution in [1.82, 2.24) is 10.3 Å². The summed E-state index contributed by atoms with van der Waals surface area (Å²) in [6, 6.07) is 3.60. The molecule has 0 saturated heterocycles. The number of rotatable bonds is 7. The van der Waals surface area contributed by atoms with Gasteiger partial charge in [-0.2, -0.15) is 13.2 Å². The van der Waals surface area contributed by atoms with Crippen molar-refractivity contribution in [3.05, 3.63) is 23.9 Å². The van der Waals surface area contributed by atoms with Crippen LogP contribution in [0.5, 0.6) is 0 Å². The highest BCUT2D eigenvalue weighted by Gasteiger charge is 2.39. The van der Waals surface area contributed by atoms with Crippen molar-refractivity contribution in [1.29, 1.82) is 0 Å². The zero-order chi connectivity index (χ0) is 14.6. The van der Waals surface area contributed by atoms with Crippen LogP contribution >= 0.6 is 0 Å². The van der Waals surface area contributed by atoms with E-state index in [4.69, 9.17) is 0 Å². The van der Waals surface area contributed by atoms with Crippen LogP contribution in [0.25, 0.3) is 0 Å². The highest BCUT2D eigenvalue weighted by molar-refractivity contribution is 5.49. The molecule has 0 aromatic carbocycles. The molecule has 6 heteroatoms. The molecule has 0 unspecified atom stereocenters.